The van der Waals surface area contributed by atoms with E-state index in [1.807, 2.05) is 24.3 Å². The quantitative estimate of drug-likeness (QED) is 0.775. The monoisotopic (exact) mass is 396 g/mol. The third kappa shape index (κ3) is 5.04. The number of hydrogen-bond donors (Lipinski definition) is 2. The highest BCUT2D eigenvalue weighted by atomic mass is 19.4. The second-order valence-corrected chi connectivity index (χ2v) is 7.68. The lowest BCUT2D eigenvalue weighted by Crippen LogP contribution is -2.45. The molecule has 0 spiro atoms. The van der Waals surface area contributed by atoms with Crippen molar-refractivity contribution in [3.05, 3.63) is 30.1 Å². The first-order valence-corrected chi connectivity index (χ1v) is 9.81. The summed E-state index contributed by atoms with van der Waals surface area (Å²) < 4.78 is 37.6. The molecule has 1 fully saturated rings. The minimum atomic E-state index is -4.20. The van der Waals surface area contributed by atoms with Crippen molar-refractivity contribution in [2.24, 2.45) is 11.8 Å². The Bertz CT molecular complexity index is 763. The molecule has 0 bridgehead atoms. The molecule has 2 aromatic rings. The number of benzene rings is 1. The largest absolute Gasteiger partial charge is 0.401 e. The molecule has 2 atom stereocenters. The molecule has 3 rings (SSSR count). The Morgan fingerprint density at radius 3 is 2.61 bits per heavy atom. The molecule has 0 radical (unpaired) electrons. The molecule has 5 nitrogen and oxygen atoms in total. The van der Waals surface area contributed by atoms with Crippen molar-refractivity contribution in [1.82, 2.24) is 20.2 Å². The van der Waals surface area contributed by atoms with Gasteiger partial charge in [-0.15, -0.1) is 0 Å². The van der Waals surface area contributed by atoms with E-state index in [2.05, 4.69) is 29.1 Å². The van der Waals surface area contributed by atoms with Crippen LogP contribution in [0, 0.1) is 11.8 Å². The van der Waals surface area contributed by atoms with Gasteiger partial charge in [0, 0.05) is 5.92 Å². The Morgan fingerprint density at radius 2 is 2.00 bits per heavy atom. The average Bonchev–Trinajstić information content (AvgIpc) is 3.08. The summed E-state index contributed by atoms with van der Waals surface area (Å²) in [5, 5.41) is 3.10. The van der Waals surface area contributed by atoms with E-state index in [0.29, 0.717) is 12.8 Å². The van der Waals surface area contributed by atoms with Crippen molar-refractivity contribution in [1.29, 1.82) is 0 Å². The number of imidazole rings is 1. The molecule has 8 heteroatoms. The van der Waals surface area contributed by atoms with Gasteiger partial charge in [-0.05, 0) is 44.0 Å². The number of H-pyrrole nitrogens is 1. The number of piperidine rings is 1. The third-order valence-corrected chi connectivity index (χ3v) is 5.57. The first kappa shape index (κ1) is 20.6. The summed E-state index contributed by atoms with van der Waals surface area (Å²) in [6.45, 7) is 3.79. The second kappa shape index (κ2) is 8.51. The normalized spacial score (nSPS) is 18.9. The van der Waals surface area contributed by atoms with Crippen molar-refractivity contribution in [3.63, 3.8) is 0 Å². The summed E-state index contributed by atoms with van der Waals surface area (Å²) in [7, 11) is 0. The van der Waals surface area contributed by atoms with Crippen molar-refractivity contribution >= 4 is 16.9 Å². The van der Waals surface area contributed by atoms with Crippen LogP contribution in [0.3, 0.4) is 0 Å². The van der Waals surface area contributed by atoms with Gasteiger partial charge in [-0.2, -0.15) is 13.2 Å². The zero-order valence-electron chi connectivity index (χ0n) is 16.2. The zero-order chi connectivity index (χ0) is 20.3. The zero-order valence-corrected chi connectivity index (χ0v) is 16.2. The summed E-state index contributed by atoms with van der Waals surface area (Å²) in [6, 6.07) is 7.45. The first-order chi connectivity index (χ1) is 13.3. The number of aromatic nitrogens is 2. The molecular weight excluding hydrogens is 369 g/mol. The van der Waals surface area contributed by atoms with E-state index in [0.717, 1.165) is 23.3 Å². The SMILES string of the molecule is CC[C@@H](C)[C@@H](NC(=O)C1CCN(CC(F)(F)F)CC1)c1nc2ccccc2[nH]1. The van der Waals surface area contributed by atoms with Crippen LogP contribution in [-0.4, -0.2) is 46.6 Å². The fourth-order valence-electron chi connectivity index (χ4n) is 3.71. The third-order valence-electron chi connectivity index (χ3n) is 5.57. The van der Waals surface area contributed by atoms with Gasteiger partial charge in [0.2, 0.25) is 5.91 Å². The van der Waals surface area contributed by atoms with Gasteiger partial charge in [-0.25, -0.2) is 4.98 Å². The van der Waals surface area contributed by atoms with E-state index < -0.39 is 12.7 Å². The molecule has 1 aliphatic heterocycles. The van der Waals surface area contributed by atoms with Crippen LogP contribution in [0.2, 0.25) is 0 Å². The van der Waals surface area contributed by atoms with Crippen molar-refractivity contribution in [3.8, 4) is 0 Å². The molecule has 28 heavy (non-hydrogen) atoms. The molecule has 2 heterocycles. The maximum atomic E-state index is 12.8. The van der Waals surface area contributed by atoms with Crippen LogP contribution in [0.1, 0.15) is 45.0 Å². The van der Waals surface area contributed by atoms with Crippen LogP contribution in [0.15, 0.2) is 24.3 Å². The Hall–Kier alpha value is -2.09. The molecule has 1 saturated heterocycles. The Kier molecular flexibility index (Phi) is 6.27. The van der Waals surface area contributed by atoms with Gasteiger partial charge < -0.3 is 10.3 Å². The molecule has 1 aliphatic rings. The minimum Gasteiger partial charge on any atom is -0.346 e. The number of carbonyl (C=O) groups excluding carboxylic acids is 1. The standard InChI is InChI=1S/C20H27F3N4O/c1-3-13(2)17(18-24-15-6-4-5-7-16(15)25-18)26-19(28)14-8-10-27(11-9-14)12-20(21,22)23/h4-7,13-14,17H,3,8-12H2,1-2H3,(H,24,25)(H,26,28)/t13-,17-/m1/s1. The highest BCUT2D eigenvalue weighted by Crippen LogP contribution is 2.27. The number of rotatable bonds is 6. The number of halogens is 3. The van der Waals surface area contributed by atoms with Crippen molar-refractivity contribution < 1.29 is 18.0 Å². The van der Waals surface area contributed by atoms with Gasteiger partial charge in [-0.1, -0.05) is 32.4 Å². The van der Waals surface area contributed by atoms with Gasteiger partial charge in [0.25, 0.3) is 0 Å². The maximum absolute atomic E-state index is 12.8. The predicted molar refractivity (Wildman–Crippen MR) is 102 cm³/mol. The molecule has 1 aromatic carbocycles. The van der Waals surface area contributed by atoms with E-state index in [9.17, 15) is 18.0 Å². The number of amides is 1. The minimum absolute atomic E-state index is 0.0996. The number of para-hydroxylation sites is 2. The van der Waals surface area contributed by atoms with E-state index in [4.69, 9.17) is 0 Å². The lowest BCUT2D eigenvalue weighted by Gasteiger charge is -2.33. The van der Waals surface area contributed by atoms with Crippen LogP contribution in [0.5, 0.6) is 0 Å². The van der Waals surface area contributed by atoms with Gasteiger partial charge in [0.15, 0.2) is 0 Å². The second-order valence-electron chi connectivity index (χ2n) is 7.68. The van der Waals surface area contributed by atoms with Crippen molar-refractivity contribution in [2.75, 3.05) is 19.6 Å². The summed E-state index contributed by atoms with van der Waals surface area (Å²) in [5.74, 6) is 0.533. The lowest BCUT2D eigenvalue weighted by atomic mass is 9.93. The van der Waals surface area contributed by atoms with Crippen LogP contribution in [0.25, 0.3) is 11.0 Å². The van der Waals surface area contributed by atoms with Crippen molar-refractivity contribution in [2.45, 2.75) is 45.3 Å². The van der Waals surface area contributed by atoms with Crippen LogP contribution < -0.4 is 5.32 Å². The summed E-state index contributed by atoms with van der Waals surface area (Å²) in [5.41, 5.74) is 1.76. The number of likely N-dealkylation sites (tertiary alicyclic amines) is 1. The predicted octanol–water partition coefficient (Wildman–Crippen LogP) is 4.04. The highest BCUT2D eigenvalue weighted by molar-refractivity contribution is 5.79. The lowest BCUT2D eigenvalue weighted by molar-refractivity contribution is -0.149. The number of nitrogens with one attached hydrogen (secondary N) is 2. The fraction of sp³-hybridized carbons (Fsp3) is 0.600. The Morgan fingerprint density at radius 1 is 1.32 bits per heavy atom. The van der Waals surface area contributed by atoms with Gasteiger partial charge in [0.05, 0.1) is 23.6 Å². The summed E-state index contributed by atoms with van der Waals surface area (Å²) >= 11 is 0. The van der Waals surface area contributed by atoms with E-state index in [-0.39, 0.29) is 36.9 Å². The van der Waals surface area contributed by atoms with Gasteiger partial charge in [-0.3, -0.25) is 9.69 Å². The molecule has 154 valence electrons. The first-order valence-electron chi connectivity index (χ1n) is 9.81. The molecule has 0 aliphatic carbocycles. The smallest absolute Gasteiger partial charge is 0.346 e. The van der Waals surface area contributed by atoms with Gasteiger partial charge >= 0.3 is 6.18 Å². The summed E-state index contributed by atoms with van der Waals surface area (Å²) in [4.78, 5) is 22.1. The number of carbonyl (C=O) groups is 1. The average molecular weight is 396 g/mol. The van der Waals surface area contributed by atoms with Gasteiger partial charge in [0.1, 0.15) is 5.82 Å². The van der Waals surface area contributed by atoms with Crippen LogP contribution in [0.4, 0.5) is 13.2 Å². The Balaban J connectivity index is 1.66. The molecule has 1 amide bonds. The number of fused-ring (bicyclic) bond motifs is 1. The topological polar surface area (TPSA) is 61.0 Å². The fourth-order valence-corrected chi connectivity index (χ4v) is 3.71. The highest BCUT2D eigenvalue weighted by Gasteiger charge is 2.34. The van der Waals surface area contributed by atoms with E-state index in [1.54, 1.807) is 0 Å². The molecule has 0 unspecified atom stereocenters. The van der Waals surface area contributed by atoms with E-state index in [1.165, 1.54) is 4.90 Å². The summed E-state index contributed by atoms with van der Waals surface area (Å²) in [6.07, 6.45) is -2.45. The maximum Gasteiger partial charge on any atom is 0.401 e. The number of nitrogens with zero attached hydrogens (tertiary/aromatic N) is 2. The molecular formula is C20H27F3N4O. The number of hydrogen-bond acceptors (Lipinski definition) is 3. The van der Waals surface area contributed by atoms with E-state index >= 15 is 0 Å². The number of alkyl halides is 3. The molecule has 2 N–H and O–H groups in total. The van der Waals surface area contributed by atoms with Crippen LogP contribution in [-0.2, 0) is 4.79 Å². The molecule has 1 aromatic heterocycles. The van der Waals surface area contributed by atoms with Crippen LogP contribution >= 0.6 is 0 Å². The molecule has 0 saturated carbocycles. The Labute approximate surface area is 162 Å². The number of aromatic amines is 1.